The van der Waals surface area contributed by atoms with Crippen LogP contribution in [-0.4, -0.2) is 34.0 Å². The number of phenols is 2. The van der Waals surface area contributed by atoms with Gasteiger partial charge in [-0.2, -0.15) is 0 Å². The second-order valence-electron chi connectivity index (χ2n) is 3.42. The monoisotopic (exact) mass is 236 g/mol. The highest BCUT2D eigenvalue weighted by Crippen LogP contribution is 2.42. The predicted octanol–water partition coefficient (Wildman–Crippen LogP) is 0.771. The van der Waals surface area contributed by atoms with E-state index in [1.165, 1.54) is 7.11 Å². The Balaban J connectivity index is 2.85. The topological polar surface area (TPSA) is 104 Å². The zero-order valence-electron chi connectivity index (χ0n) is 8.72. The Morgan fingerprint density at radius 2 is 1.76 bits per heavy atom. The molecule has 0 amide bonds. The standard InChI is InChI=1S/C11H8O6/c1-17-7-3-5(13)8-9(11(7)16)4(12)2-6(14)10(8)15/h2-3,12-13,16H,1H3. The number of methoxy groups -OCH3 is 1. The van der Waals surface area contributed by atoms with Gasteiger partial charge in [-0.15, -0.1) is 0 Å². The Labute approximate surface area is 95.4 Å². The molecule has 88 valence electrons. The van der Waals surface area contributed by atoms with Gasteiger partial charge in [0.2, 0.25) is 11.6 Å². The summed E-state index contributed by atoms with van der Waals surface area (Å²) in [4.78, 5) is 22.7. The van der Waals surface area contributed by atoms with Gasteiger partial charge < -0.3 is 20.1 Å². The molecule has 0 bridgehead atoms. The molecule has 1 aromatic rings. The van der Waals surface area contributed by atoms with E-state index in [2.05, 4.69) is 0 Å². The molecule has 1 aliphatic rings. The molecule has 1 aromatic carbocycles. The predicted molar refractivity (Wildman–Crippen MR) is 56.3 cm³/mol. The third kappa shape index (κ3) is 1.42. The van der Waals surface area contributed by atoms with Gasteiger partial charge >= 0.3 is 0 Å². The van der Waals surface area contributed by atoms with Crippen LogP contribution < -0.4 is 4.74 Å². The molecular weight excluding hydrogens is 228 g/mol. The first-order chi connectivity index (χ1) is 7.97. The summed E-state index contributed by atoms with van der Waals surface area (Å²) >= 11 is 0. The van der Waals surface area contributed by atoms with Crippen LogP contribution in [-0.2, 0) is 4.79 Å². The fourth-order valence-corrected chi connectivity index (χ4v) is 1.65. The molecule has 0 fully saturated rings. The zero-order valence-corrected chi connectivity index (χ0v) is 8.72. The average Bonchev–Trinajstić information content (AvgIpc) is 2.28. The van der Waals surface area contributed by atoms with Crippen molar-refractivity contribution in [1.82, 2.24) is 0 Å². The van der Waals surface area contributed by atoms with Crippen molar-refractivity contribution in [3.63, 3.8) is 0 Å². The highest BCUT2D eigenvalue weighted by molar-refractivity contribution is 6.51. The maximum atomic E-state index is 11.5. The van der Waals surface area contributed by atoms with Crippen molar-refractivity contribution in [3.05, 3.63) is 23.3 Å². The summed E-state index contributed by atoms with van der Waals surface area (Å²) in [5.74, 6) is -3.69. The molecule has 2 rings (SSSR count). The fraction of sp³-hybridized carbons (Fsp3) is 0.0909. The minimum atomic E-state index is -0.992. The first kappa shape index (κ1) is 11.0. The SMILES string of the molecule is COc1cc(O)c2c(c1O)C(O)=CC(=O)C2=O. The Morgan fingerprint density at radius 1 is 1.12 bits per heavy atom. The number of aromatic hydroxyl groups is 2. The molecule has 0 spiro atoms. The van der Waals surface area contributed by atoms with E-state index in [4.69, 9.17) is 4.74 Å². The highest BCUT2D eigenvalue weighted by atomic mass is 16.5. The van der Waals surface area contributed by atoms with Crippen molar-refractivity contribution in [2.24, 2.45) is 0 Å². The number of rotatable bonds is 1. The first-order valence-electron chi connectivity index (χ1n) is 4.60. The Bertz CT molecular complexity index is 570. The van der Waals surface area contributed by atoms with Gasteiger partial charge in [-0.3, -0.25) is 9.59 Å². The molecular formula is C11H8O6. The quantitative estimate of drug-likeness (QED) is 0.491. The smallest absolute Gasteiger partial charge is 0.237 e. The van der Waals surface area contributed by atoms with Crippen molar-refractivity contribution < 1.29 is 29.6 Å². The Kier molecular flexibility index (Phi) is 2.27. The Morgan fingerprint density at radius 3 is 2.35 bits per heavy atom. The summed E-state index contributed by atoms with van der Waals surface area (Å²) in [6, 6.07) is 0.998. The summed E-state index contributed by atoms with van der Waals surface area (Å²) in [6.07, 6.45) is 0.684. The molecule has 0 radical (unpaired) electrons. The first-order valence-corrected chi connectivity index (χ1v) is 4.60. The van der Waals surface area contributed by atoms with Crippen LogP contribution in [0.1, 0.15) is 15.9 Å². The maximum Gasteiger partial charge on any atom is 0.237 e. The van der Waals surface area contributed by atoms with E-state index in [0.29, 0.717) is 6.08 Å². The van der Waals surface area contributed by atoms with Gasteiger partial charge in [-0.1, -0.05) is 0 Å². The van der Waals surface area contributed by atoms with Crippen LogP contribution in [0.2, 0.25) is 0 Å². The van der Waals surface area contributed by atoms with Gasteiger partial charge in [-0.05, 0) is 0 Å². The summed E-state index contributed by atoms with van der Waals surface area (Å²) in [5, 5.41) is 28.9. The average molecular weight is 236 g/mol. The lowest BCUT2D eigenvalue weighted by atomic mass is 9.92. The van der Waals surface area contributed by atoms with Crippen molar-refractivity contribution >= 4 is 17.3 Å². The molecule has 6 nitrogen and oxygen atoms in total. The van der Waals surface area contributed by atoms with Gasteiger partial charge in [0.15, 0.2) is 11.5 Å². The number of ketones is 2. The summed E-state index contributed by atoms with van der Waals surface area (Å²) in [5.41, 5.74) is -0.722. The molecule has 17 heavy (non-hydrogen) atoms. The number of Topliss-reactive ketones (excluding diaryl/α,β-unsaturated/α-hetero) is 1. The van der Waals surface area contributed by atoms with E-state index in [1.807, 2.05) is 0 Å². The normalized spacial score (nSPS) is 14.3. The third-order valence-electron chi connectivity index (χ3n) is 2.44. The van der Waals surface area contributed by atoms with Gasteiger partial charge in [0.25, 0.3) is 0 Å². The molecule has 0 saturated carbocycles. The van der Waals surface area contributed by atoms with Gasteiger partial charge in [0, 0.05) is 12.1 Å². The molecule has 0 unspecified atom stereocenters. The zero-order chi connectivity index (χ0) is 12.7. The lowest BCUT2D eigenvalue weighted by Gasteiger charge is -2.16. The number of fused-ring (bicyclic) bond motifs is 1. The van der Waals surface area contributed by atoms with Crippen molar-refractivity contribution in [2.75, 3.05) is 7.11 Å². The number of aliphatic hydroxyl groups excluding tert-OH is 1. The molecule has 0 aliphatic heterocycles. The lowest BCUT2D eigenvalue weighted by Crippen LogP contribution is -2.19. The van der Waals surface area contributed by atoms with Crippen LogP contribution in [0.25, 0.3) is 5.76 Å². The van der Waals surface area contributed by atoms with Crippen LogP contribution in [0, 0.1) is 0 Å². The van der Waals surface area contributed by atoms with Crippen LogP contribution in [0.5, 0.6) is 17.2 Å². The van der Waals surface area contributed by atoms with E-state index in [1.54, 1.807) is 0 Å². The number of carbonyl (C=O) groups is 2. The number of hydrogen-bond donors (Lipinski definition) is 3. The van der Waals surface area contributed by atoms with Gasteiger partial charge in [0.1, 0.15) is 11.5 Å². The van der Waals surface area contributed by atoms with Gasteiger partial charge in [-0.25, -0.2) is 0 Å². The number of carbonyl (C=O) groups excluding carboxylic acids is 2. The number of aliphatic hydroxyl groups is 1. The number of ether oxygens (including phenoxy) is 1. The van der Waals surface area contributed by atoms with Crippen LogP contribution in [0.3, 0.4) is 0 Å². The van der Waals surface area contributed by atoms with Crippen LogP contribution in [0.15, 0.2) is 12.1 Å². The number of allylic oxidation sites excluding steroid dienone is 1. The molecule has 0 heterocycles. The molecule has 0 saturated heterocycles. The summed E-state index contributed by atoms with van der Waals surface area (Å²) < 4.78 is 4.76. The molecule has 0 aromatic heterocycles. The minimum Gasteiger partial charge on any atom is -0.507 e. The Hall–Kier alpha value is -2.50. The largest absolute Gasteiger partial charge is 0.507 e. The van der Waals surface area contributed by atoms with E-state index < -0.39 is 34.4 Å². The lowest BCUT2D eigenvalue weighted by molar-refractivity contribution is -0.111. The molecule has 6 heteroatoms. The van der Waals surface area contributed by atoms with Crippen molar-refractivity contribution in [3.8, 4) is 17.2 Å². The van der Waals surface area contributed by atoms with E-state index >= 15 is 0 Å². The summed E-state index contributed by atoms with van der Waals surface area (Å²) in [6.45, 7) is 0. The molecule has 1 aliphatic carbocycles. The van der Waals surface area contributed by atoms with E-state index in [0.717, 1.165) is 6.07 Å². The van der Waals surface area contributed by atoms with E-state index in [-0.39, 0.29) is 11.3 Å². The number of hydrogen-bond acceptors (Lipinski definition) is 6. The fourth-order valence-electron chi connectivity index (χ4n) is 1.65. The van der Waals surface area contributed by atoms with E-state index in [9.17, 15) is 24.9 Å². The molecule has 3 N–H and O–H groups in total. The maximum absolute atomic E-state index is 11.5. The third-order valence-corrected chi connectivity index (χ3v) is 2.44. The van der Waals surface area contributed by atoms with Crippen LogP contribution >= 0.6 is 0 Å². The second kappa shape index (κ2) is 3.51. The molecule has 0 atom stereocenters. The number of benzene rings is 1. The van der Waals surface area contributed by atoms with Crippen molar-refractivity contribution in [1.29, 1.82) is 0 Å². The minimum absolute atomic E-state index is 0.108. The van der Waals surface area contributed by atoms with Crippen molar-refractivity contribution in [2.45, 2.75) is 0 Å². The second-order valence-corrected chi connectivity index (χ2v) is 3.42. The number of phenolic OH excluding ortho intramolecular Hbond substituents is 2. The van der Waals surface area contributed by atoms with Gasteiger partial charge in [0.05, 0.1) is 18.2 Å². The summed E-state index contributed by atoms with van der Waals surface area (Å²) in [7, 11) is 1.25. The highest BCUT2D eigenvalue weighted by Gasteiger charge is 2.33. The van der Waals surface area contributed by atoms with Crippen LogP contribution in [0.4, 0.5) is 0 Å².